The van der Waals surface area contributed by atoms with Crippen LogP contribution in [0.25, 0.3) is 0 Å². The molecular formula is C7H13N3O4S. The third-order valence-electron chi connectivity index (χ3n) is 1.85. The maximum absolute atomic E-state index is 11.5. The van der Waals surface area contributed by atoms with E-state index < -0.39 is 5.09 Å². The number of hydrogen-bond acceptors (Lipinski definition) is 6. The summed E-state index contributed by atoms with van der Waals surface area (Å²) in [6.45, 7) is 1.53. The quantitative estimate of drug-likeness (QED) is 0.486. The summed E-state index contributed by atoms with van der Waals surface area (Å²) in [4.78, 5) is 25.5. The predicted molar refractivity (Wildman–Crippen MR) is 54.8 cm³/mol. The van der Waals surface area contributed by atoms with Crippen molar-refractivity contribution < 1.29 is 14.7 Å². The zero-order valence-corrected chi connectivity index (χ0v) is 9.08. The van der Waals surface area contributed by atoms with Crippen molar-refractivity contribution in [1.29, 1.82) is 0 Å². The van der Waals surface area contributed by atoms with Crippen molar-refractivity contribution in [2.24, 2.45) is 0 Å². The van der Waals surface area contributed by atoms with Crippen LogP contribution in [-0.2, 0) is 9.63 Å². The Hall–Kier alpha value is -1.02. The van der Waals surface area contributed by atoms with Crippen molar-refractivity contribution >= 4 is 17.7 Å². The maximum Gasteiger partial charge on any atom is 0.294 e. The zero-order valence-electron chi connectivity index (χ0n) is 8.26. The Balaban J connectivity index is 2.21. The summed E-state index contributed by atoms with van der Waals surface area (Å²) in [7, 11) is 0. The molecule has 1 heterocycles. The molecule has 1 saturated heterocycles. The standard InChI is InChI=1S/C7H13N3O4S/c1-5(2-14-10(12)13)9-7(11)6-3-15-4-8-6/h5-6,8H,2-4H2,1H3,(H,9,11)/t5-,6?/m0/s1. The van der Waals surface area contributed by atoms with Gasteiger partial charge in [-0.15, -0.1) is 21.9 Å². The van der Waals surface area contributed by atoms with Crippen LogP contribution in [0.2, 0.25) is 0 Å². The number of thioether (sulfide) groups is 1. The van der Waals surface area contributed by atoms with Gasteiger partial charge in [-0.05, 0) is 6.92 Å². The van der Waals surface area contributed by atoms with Crippen LogP contribution in [-0.4, -0.2) is 41.3 Å². The summed E-state index contributed by atoms with van der Waals surface area (Å²) in [5, 5.41) is 14.7. The summed E-state index contributed by atoms with van der Waals surface area (Å²) in [5.41, 5.74) is 0. The average Bonchev–Trinajstić information content (AvgIpc) is 2.67. The van der Waals surface area contributed by atoms with Crippen LogP contribution >= 0.6 is 11.8 Å². The van der Waals surface area contributed by atoms with Gasteiger partial charge in [0.25, 0.3) is 5.09 Å². The predicted octanol–water partition coefficient (Wildman–Crippen LogP) is -0.638. The summed E-state index contributed by atoms with van der Waals surface area (Å²) in [5.74, 6) is 1.35. The molecule has 0 spiro atoms. The lowest BCUT2D eigenvalue weighted by atomic mass is 10.3. The molecule has 2 N–H and O–H groups in total. The van der Waals surface area contributed by atoms with Gasteiger partial charge in [-0.25, -0.2) is 0 Å². The van der Waals surface area contributed by atoms with Crippen LogP contribution in [0.4, 0.5) is 0 Å². The van der Waals surface area contributed by atoms with E-state index in [4.69, 9.17) is 0 Å². The van der Waals surface area contributed by atoms with Crippen molar-refractivity contribution in [3.8, 4) is 0 Å². The first-order valence-corrected chi connectivity index (χ1v) is 5.64. The average molecular weight is 235 g/mol. The van der Waals surface area contributed by atoms with Gasteiger partial charge in [0.1, 0.15) is 6.61 Å². The zero-order chi connectivity index (χ0) is 11.3. The van der Waals surface area contributed by atoms with Gasteiger partial charge in [0.15, 0.2) is 0 Å². The van der Waals surface area contributed by atoms with Crippen LogP contribution in [0, 0.1) is 10.1 Å². The Morgan fingerprint density at radius 2 is 2.60 bits per heavy atom. The largest absolute Gasteiger partial charge is 0.350 e. The van der Waals surface area contributed by atoms with Crippen molar-refractivity contribution in [2.75, 3.05) is 18.2 Å². The highest BCUT2D eigenvalue weighted by Crippen LogP contribution is 2.09. The monoisotopic (exact) mass is 235 g/mol. The van der Waals surface area contributed by atoms with E-state index in [2.05, 4.69) is 15.5 Å². The second kappa shape index (κ2) is 5.76. The molecule has 8 heteroatoms. The highest BCUT2D eigenvalue weighted by molar-refractivity contribution is 7.99. The second-order valence-electron chi connectivity index (χ2n) is 3.20. The molecule has 1 aliphatic rings. The number of carbonyl (C=O) groups excluding carboxylic acids is 1. The van der Waals surface area contributed by atoms with Gasteiger partial charge in [0.05, 0.1) is 6.04 Å². The molecule has 7 nitrogen and oxygen atoms in total. The van der Waals surface area contributed by atoms with E-state index in [-0.39, 0.29) is 24.6 Å². The number of nitrogens with zero attached hydrogens (tertiary/aromatic N) is 1. The fourth-order valence-electron chi connectivity index (χ4n) is 1.12. The van der Waals surface area contributed by atoms with Gasteiger partial charge in [0.2, 0.25) is 5.91 Å². The van der Waals surface area contributed by atoms with Gasteiger partial charge in [0, 0.05) is 17.7 Å². The minimum atomic E-state index is -0.869. The lowest BCUT2D eigenvalue weighted by Crippen LogP contribution is -2.46. The molecule has 0 aromatic rings. The first-order valence-electron chi connectivity index (χ1n) is 4.48. The van der Waals surface area contributed by atoms with Gasteiger partial charge < -0.3 is 10.2 Å². The topological polar surface area (TPSA) is 93.5 Å². The third-order valence-corrected chi connectivity index (χ3v) is 2.79. The molecule has 1 amide bonds. The first kappa shape index (κ1) is 12.1. The van der Waals surface area contributed by atoms with E-state index in [9.17, 15) is 14.9 Å². The van der Waals surface area contributed by atoms with Gasteiger partial charge in [-0.3, -0.25) is 10.1 Å². The van der Waals surface area contributed by atoms with E-state index in [0.29, 0.717) is 0 Å². The minimum Gasteiger partial charge on any atom is -0.350 e. The van der Waals surface area contributed by atoms with E-state index in [1.807, 2.05) is 0 Å². The van der Waals surface area contributed by atoms with Crippen LogP contribution in [0.15, 0.2) is 0 Å². The van der Waals surface area contributed by atoms with Crippen molar-refractivity contribution in [2.45, 2.75) is 19.0 Å². The number of hydrogen-bond donors (Lipinski definition) is 2. The fraction of sp³-hybridized carbons (Fsp3) is 0.857. The molecule has 0 aliphatic carbocycles. The molecule has 15 heavy (non-hydrogen) atoms. The Morgan fingerprint density at radius 1 is 1.87 bits per heavy atom. The summed E-state index contributed by atoms with van der Waals surface area (Å²) in [6, 6.07) is -0.566. The Kier molecular flexibility index (Phi) is 4.63. The molecule has 0 aromatic heterocycles. The molecule has 0 radical (unpaired) electrons. The molecular weight excluding hydrogens is 222 g/mol. The molecule has 0 saturated carbocycles. The minimum absolute atomic E-state index is 0.126. The SMILES string of the molecule is C[C@@H](CO[N+](=O)[O-])NC(=O)C1CSCN1. The number of nitrogens with one attached hydrogen (secondary N) is 2. The Morgan fingerprint density at radius 3 is 3.13 bits per heavy atom. The van der Waals surface area contributed by atoms with Crippen LogP contribution < -0.4 is 10.6 Å². The summed E-state index contributed by atoms with van der Waals surface area (Å²) < 4.78 is 0. The molecule has 0 aromatic carbocycles. The van der Waals surface area contributed by atoms with Gasteiger partial charge in [-0.1, -0.05) is 0 Å². The Labute approximate surface area is 91.0 Å². The first-order chi connectivity index (χ1) is 7.09. The maximum atomic E-state index is 11.5. The molecule has 0 bridgehead atoms. The number of amides is 1. The Bertz CT molecular complexity index is 244. The third kappa shape index (κ3) is 4.34. The molecule has 2 atom stereocenters. The highest BCUT2D eigenvalue weighted by Gasteiger charge is 2.23. The lowest BCUT2D eigenvalue weighted by Gasteiger charge is -2.15. The molecule has 86 valence electrons. The molecule has 1 aliphatic heterocycles. The highest BCUT2D eigenvalue weighted by atomic mass is 32.2. The van der Waals surface area contributed by atoms with E-state index >= 15 is 0 Å². The summed E-state index contributed by atoms with van der Waals surface area (Å²) >= 11 is 1.64. The number of carbonyl (C=O) groups is 1. The van der Waals surface area contributed by atoms with E-state index in [1.165, 1.54) is 0 Å². The van der Waals surface area contributed by atoms with E-state index in [1.54, 1.807) is 18.7 Å². The van der Waals surface area contributed by atoms with Crippen molar-refractivity contribution in [1.82, 2.24) is 10.6 Å². The van der Waals surface area contributed by atoms with Crippen molar-refractivity contribution in [3.05, 3.63) is 10.1 Å². The normalized spacial score (nSPS) is 22.1. The fourth-order valence-corrected chi connectivity index (χ4v) is 2.06. The van der Waals surface area contributed by atoms with Crippen LogP contribution in [0.5, 0.6) is 0 Å². The van der Waals surface area contributed by atoms with Crippen LogP contribution in [0.1, 0.15) is 6.92 Å². The second-order valence-corrected chi connectivity index (χ2v) is 4.23. The van der Waals surface area contributed by atoms with Crippen molar-refractivity contribution in [3.63, 3.8) is 0 Å². The van der Waals surface area contributed by atoms with E-state index in [0.717, 1.165) is 11.6 Å². The molecule has 1 unspecified atom stereocenters. The molecule has 1 rings (SSSR count). The van der Waals surface area contributed by atoms with Gasteiger partial charge >= 0.3 is 0 Å². The molecule has 1 fully saturated rings. The smallest absolute Gasteiger partial charge is 0.294 e. The lowest BCUT2D eigenvalue weighted by molar-refractivity contribution is -0.758. The number of rotatable bonds is 5. The van der Waals surface area contributed by atoms with Gasteiger partial charge in [-0.2, -0.15) is 0 Å². The van der Waals surface area contributed by atoms with Crippen LogP contribution in [0.3, 0.4) is 0 Å². The summed E-state index contributed by atoms with van der Waals surface area (Å²) in [6.07, 6.45) is 0.